The molecule has 0 fully saturated rings. The highest BCUT2D eigenvalue weighted by Crippen LogP contribution is 2.25. The Morgan fingerprint density at radius 3 is 2.58 bits per heavy atom. The Morgan fingerprint density at radius 2 is 1.81 bits per heavy atom. The molecule has 2 aromatic carbocycles. The van der Waals surface area contributed by atoms with E-state index in [1.807, 2.05) is 0 Å². The van der Waals surface area contributed by atoms with Gasteiger partial charge in [0.05, 0.1) is 11.6 Å². The van der Waals surface area contributed by atoms with Gasteiger partial charge in [-0.15, -0.1) is 10.2 Å². The number of carbonyl (C=O) groups is 1. The van der Waals surface area contributed by atoms with Crippen LogP contribution in [0.5, 0.6) is 0 Å². The third-order valence-electron chi connectivity index (χ3n) is 3.89. The summed E-state index contributed by atoms with van der Waals surface area (Å²) in [6.07, 6.45) is 0. The molecular weight excluding hydrogens is 464 g/mol. The van der Waals surface area contributed by atoms with Crippen molar-refractivity contribution >= 4 is 44.0 Å². The van der Waals surface area contributed by atoms with Gasteiger partial charge >= 0.3 is 0 Å². The van der Waals surface area contributed by atoms with Gasteiger partial charge in [-0.05, 0) is 24.3 Å². The van der Waals surface area contributed by atoms with Crippen molar-refractivity contribution < 1.29 is 17.7 Å². The summed E-state index contributed by atoms with van der Waals surface area (Å²) in [5.74, 6) is -0.145. The molecule has 10 nitrogen and oxygen atoms in total. The SMILES string of the molecule is O=C(Nc1nnc(S(=O)(=O)NCc2nc(-c3ccccc3Cl)no2)s1)c1ccccc1. The summed E-state index contributed by atoms with van der Waals surface area (Å²) in [5.41, 5.74) is 0.968. The number of carbonyl (C=O) groups excluding carboxylic acids is 1. The van der Waals surface area contributed by atoms with Gasteiger partial charge in [0.15, 0.2) is 0 Å². The van der Waals surface area contributed by atoms with E-state index in [9.17, 15) is 13.2 Å². The molecule has 1 amide bonds. The van der Waals surface area contributed by atoms with E-state index in [-0.39, 0.29) is 27.7 Å². The van der Waals surface area contributed by atoms with E-state index >= 15 is 0 Å². The molecule has 158 valence electrons. The number of hydrogen-bond donors (Lipinski definition) is 2. The van der Waals surface area contributed by atoms with Crippen LogP contribution in [0.4, 0.5) is 5.13 Å². The Labute approximate surface area is 185 Å². The van der Waals surface area contributed by atoms with E-state index in [1.165, 1.54) is 0 Å². The second kappa shape index (κ2) is 8.89. The lowest BCUT2D eigenvalue weighted by Crippen LogP contribution is -2.23. The van der Waals surface area contributed by atoms with E-state index < -0.39 is 15.9 Å². The van der Waals surface area contributed by atoms with E-state index in [2.05, 4.69) is 30.4 Å². The van der Waals surface area contributed by atoms with Crippen molar-refractivity contribution in [2.45, 2.75) is 10.9 Å². The van der Waals surface area contributed by atoms with E-state index in [1.54, 1.807) is 54.6 Å². The molecule has 0 aliphatic heterocycles. The zero-order chi connectivity index (χ0) is 21.8. The molecular formula is C18H13ClN6O4S2. The first-order valence-electron chi connectivity index (χ1n) is 8.69. The maximum atomic E-state index is 12.5. The highest BCUT2D eigenvalue weighted by molar-refractivity contribution is 7.91. The molecule has 0 radical (unpaired) electrons. The number of sulfonamides is 1. The minimum Gasteiger partial charge on any atom is -0.338 e. The molecule has 0 aliphatic carbocycles. The Balaban J connectivity index is 1.41. The van der Waals surface area contributed by atoms with Crippen LogP contribution in [0.3, 0.4) is 0 Å². The number of halogens is 1. The summed E-state index contributed by atoms with van der Waals surface area (Å²) in [6.45, 7) is -0.259. The largest absolute Gasteiger partial charge is 0.338 e. The van der Waals surface area contributed by atoms with Gasteiger partial charge in [0.1, 0.15) is 0 Å². The number of rotatable bonds is 7. The van der Waals surface area contributed by atoms with Crippen LogP contribution in [-0.4, -0.2) is 34.7 Å². The number of nitrogens with zero attached hydrogens (tertiary/aromatic N) is 4. The van der Waals surface area contributed by atoms with Crippen LogP contribution in [-0.2, 0) is 16.6 Å². The Kier molecular flexibility index (Phi) is 6.04. The fourth-order valence-electron chi connectivity index (χ4n) is 2.42. The molecule has 0 atom stereocenters. The molecule has 0 saturated carbocycles. The van der Waals surface area contributed by atoms with E-state index in [0.29, 0.717) is 27.5 Å². The summed E-state index contributed by atoms with van der Waals surface area (Å²) in [7, 11) is -4.01. The summed E-state index contributed by atoms with van der Waals surface area (Å²) >= 11 is 6.81. The Hall–Kier alpha value is -3.19. The van der Waals surface area contributed by atoms with Crippen LogP contribution in [0, 0.1) is 0 Å². The molecule has 31 heavy (non-hydrogen) atoms. The van der Waals surface area contributed by atoms with Crippen molar-refractivity contribution in [2.24, 2.45) is 0 Å². The number of aromatic nitrogens is 4. The first-order valence-corrected chi connectivity index (χ1v) is 11.4. The van der Waals surface area contributed by atoms with Crippen molar-refractivity contribution in [3.8, 4) is 11.4 Å². The molecule has 13 heteroatoms. The molecule has 0 spiro atoms. The Bertz CT molecular complexity index is 1320. The number of hydrogen-bond acceptors (Lipinski definition) is 9. The summed E-state index contributed by atoms with van der Waals surface area (Å²) in [6, 6.07) is 15.4. The molecule has 4 aromatic rings. The van der Waals surface area contributed by atoms with Crippen molar-refractivity contribution in [3.05, 3.63) is 71.1 Å². The first-order chi connectivity index (χ1) is 14.9. The molecule has 0 bridgehead atoms. The smallest absolute Gasteiger partial charge is 0.270 e. The van der Waals surface area contributed by atoms with Crippen LogP contribution in [0.1, 0.15) is 16.2 Å². The normalized spacial score (nSPS) is 11.4. The molecule has 2 aromatic heterocycles. The quantitative estimate of drug-likeness (QED) is 0.388. The van der Waals surface area contributed by atoms with E-state index in [0.717, 1.165) is 0 Å². The van der Waals surface area contributed by atoms with Crippen molar-refractivity contribution in [3.63, 3.8) is 0 Å². The first kappa shape index (κ1) is 21.1. The van der Waals surface area contributed by atoms with Crippen LogP contribution >= 0.6 is 22.9 Å². The average Bonchev–Trinajstić information content (AvgIpc) is 3.43. The maximum Gasteiger partial charge on any atom is 0.270 e. The molecule has 0 aliphatic rings. The van der Waals surface area contributed by atoms with Gasteiger partial charge in [-0.1, -0.05) is 58.4 Å². The molecule has 0 unspecified atom stereocenters. The second-order valence-corrected chi connectivity index (χ2v) is 9.33. The van der Waals surface area contributed by atoms with Crippen molar-refractivity contribution in [1.29, 1.82) is 0 Å². The third-order valence-corrected chi connectivity index (χ3v) is 6.83. The predicted molar refractivity (Wildman–Crippen MR) is 113 cm³/mol. The summed E-state index contributed by atoms with van der Waals surface area (Å²) in [4.78, 5) is 16.3. The average molecular weight is 477 g/mol. The highest BCUT2D eigenvalue weighted by atomic mass is 35.5. The van der Waals surface area contributed by atoms with Crippen molar-refractivity contribution in [1.82, 2.24) is 25.1 Å². The number of nitrogens with one attached hydrogen (secondary N) is 2. The van der Waals surface area contributed by atoms with Gasteiger partial charge < -0.3 is 4.52 Å². The van der Waals surface area contributed by atoms with Crippen LogP contribution in [0.2, 0.25) is 5.02 Å². The molecule has 2 N–H and O–H groups in total. The lowest BCUT2D eigenvalue weighted by molar-refractivity contribution is 0.102. The van der Waals surface area contributed by atoms with Gasteiger partial charge in [-0.3, -0.25) is 10.1 Å². The van der Waals surface area contributed by atoms with Crippen LogP contribution in [0.25, 0.3) is 11.4 Å². The lowest BCUT2D eigenvalue weighted by Gasteiger charge is -2.00. The topological polar surface area (TPSA) is 140 Å². The van der Waals surface area contributed by atoms with Gasteiger partial charge in [0.2, 0.25) is 21.2 Å². The summed E-state index contributed by atoms with van der Waals surface area (Å²) in [5, 5.41) is 14.1. The second-order valence-electron chi connectivity index (χ2n) is 6.01. The van der Waals surface area contributed by atoms with Gasteiger partial charge in [0, 0.05) is 11.1 Å². The standard InChI is InChI=1S/C18H13ClN6O4S2/c19-13-9-5-4-8-12(13)15-21-14(29-25-15)10-20-31(27,28)18-24-23-17(30-18)22-16(26)11-6-2-1-3-7-11/h1-9,20H,10H2,(H,22,23,26). The van der Waals surface area contributed by atoms with E-state index in [4.69, 9.17) is 16.1 Å². The van der Waals surface area contributed by atoms with Gasteiger partial charge in [0.25, 0.3) is 15.9 Å². The fraction of sp³-hybridized carbons (Fsp3) is 0.0556. The fourth-order valence-corrected chi connectivity index (χ4v) is 4.56. The van der Waals surface area contributed by atoms with Crippen LogP contribution in [0.15, 0.2) is 63.5 Å². The van der Waals surface area contributed by atoms with Gasteiger partial charge in [-0.25, -0.2) is 8.42 Å². The third kappa shape index (κ3) is 4.94. The minimum atomic E-state index is -4.01. The van der Waals surface area contributed by atoms with Crippen molar-refractivity contribution in [2.75, 3.05) is 5.32 Å². The monoisotopic (exact) mass is 476 g/mol. The predicted octanol–water partition coefficient (Wildman–Crippen LogP) is 2.97. The zero-order valence-electron chi connectivity index (χ0n) is 15.5. The molecule has 2 heterocycles. The number of anilines is 1. The number of amides is 1. The minimum absolute atomic E-state index is 0.0422. The maximum absolute atomic E-state index is 12.5. The highest BCUT2D eigenvalue weighted by Gasteiger charge is 2.22. The zero-order valence-corrected chi connectivity index (χ0v) is 17.9. The van der Waals surface area contributed by atoms with Crippen LogP contribution < -0.4 is 10.0 Å². The number of benzene rings is 2. The Morgan fingerprint density at radius 1 is 1.06 bits per heavy atom. The lowest BCUT2D eigenvalue weighted by atomic mass is 10.2. The molecule has 4 rings (SSSR count). The molecule has 0 saturated heterocycles. The van der Waals surface area contributed by atoms with Gasteiger partial charge in [-0.2, -0.15) is 9.71 Å². The summed E-state index contributed by atoms with van der Waals surface area (Å²) < 4.78 is 32.0.